The molecular weight excluding hydrogens is 300 g/mol. The van der Waals surface area contributed by atoms with Crippen LogP contribution in [0.15, 0.2) is 48.7 Å². The Hall–Kier alpha value is -2.82. The first-order valence-electron chi connectivity index (χ1n) is 8.07. The van der Waals surface area contributed by atoms with E-state index in [1.165, 1.54) is 0 Å². The molecule has 1 amide bonds. The third kappa shape index (κ3) is 3.11. The van der Waals surface area contributed by atoms with Gasteiger partial charge in [-0.2, -0.15) is 5.10 Å². The number of aromatic nitrogens is 2. The zero-order valence-corrected chi connectivity index (χ0v) is 14.3. The van der Waals surface area contributed by atoms with Gasteiger partial charge in [0.2, 0.25) is 0 Å². The van der Waals surface area contributed by atoms with Crippen molar-refractivity contribution < 1.29 is 4.79 Å². The summed E-state index contributed by atoms with van der Waals surface area (Å²) in [5, 5.41) is 7.92. The average molecular weight is 322 g/mol. The van der Waals surface area contributed by atoms with Crippen molar-refractivity contribution >= 4 is 22.5 Å². The van der Waals surface area contributed by atoms with E-state index in [0.717, 1.165) is 22.2 Å². The highest BCUT2D eigenvalue weighted by Gasteiger charge is 2.18. The van der Waals surface area contributed by atoms with Crippen molar-refractivity contribution in [1.29, 1.82) is 0 Å². The molecule has 5 nitrogen and oxygen atoms in total. The van der Waals surface area contributed by atoms with Gasteiger partial charge in [-0.05, 0) is 30.7 Å². The first-order valence-corrected chi connectivity index (χ1v) is 8.07. The smallest absolute Gasteiger partial charge is 0.256 e. The van der Waals surface area contributed by atoms with Crippen LogP contribution < -0.4 is 4.90 Å². The number of nitrogens with one attached hydrogen (secondary N) is 1. The Bertz CT molecular complexity index is 836. The molecule has 0 aliphatic rings. The van der Waals surface area contributed by atoms with Crippen LogP contribution in [-0.4, -0.2) is 41.6 Å². The number of rotatable bonds is 5. The fraction of sp³-hybridized carbons (Fsp3) is 0.263. The topological polar surface area (TPSA) is 52.2 Å². The standard InChI is InChI=1S/C19H22N4O/c1-4-23(13-14-8-10-16(11-9-14)22(2)3)19(24)17-7-5-6-15-12-20-21-18(15)17/h5-12H,4,13H2,1-3H3,(H,20,21). The van der Waals surface area contributed by atoms with Gasteiger partial charge in [0, 0.05) is 38.3 Å². The minimum absolute atomic E-state index is 0.0176. The van der Waals surface area contributed by atoms with Crippen LogP contribution in [0, 0.1) is 0 Å². The Morgan fingerprint density at radius 1 is 1.12 bits per heavy atom. The third-order valence-corrected chi connectivity index (χ3v) is 4.20. The van der Waals surface area contributed by atoms with E-state index in [0.29, 0.717) is 18.7 Å². The van der Waals surface area contributed by atoms with Crippen molar-refractivity contribution in [2.24, 2.45) is 0 Å². The highest BCUT2D eigenvalue weighted by molar-refractivity contribution is 6.05. The van der Waals surface area contributed by atoms with Crippen molar-refractivity contribution in [2.45, 2.75) is 13.5 Å². The normalized spacial score (nSPS) is 10.8. The molecule has 5 heteroatoms. The minimum Gasteiger partial charge on any atom is -0.378 e. The largest absolute Gasteiger partial charge is 0.378 e. The molecule has 0 spiro atoms. The minimum atomic E-state index is 0.0176. The van der Waals surface area contributed by atoms with Gasteiger partial charge in [0.25, 0.3) is 5.91 Å². The fourth-order valence-electron chi connectivity index (χ4n) is 2.76. The number of hydrogen-bond acceptors (Lipinski definition) is 3. The van der Waals surface area contributed by atoms with Gasteiger partial charge in [0.15, 0.2) is 0 Å². The van der Waals surface area contributed by atoms with Gasteiger partial charge in [0.1, 0.15) is 0 Å². The Labute approximate surface area is 141 Å². The molecule has 1 N–H and O–H groups in total. The highest BCUT2D eigenvalue weighted by atomic mass is 16.2. The molecule has 3 rings (SSSR count). The molecule has 2 aromatic carbocycles. The van der Waals surface area contributed by atoms with Gasteiger partial charge in [-0.25, -0.2) is 0 Å². The van der Waals surface area contributed by atoms with Crippen LogP contribution in [0.2, 0.25) is 0 Å². The molecule has 3 aromatic rings. The van der Waals surface area contributed by atoms with Gasteiger partial charge in [-0.15, -0.1) is 0 Å². The van der Waals surface area contributed by atoms with Crippen molar-refractivity contribution in [3.05, 3.63) is 59.8 Å². The molecule has 0 aliphatic heterocycles. The van der Waals surface area contributed by atoms with E-state index in [1.807, 2.05) is 44.1 Å². The summed E-state index contributed by atoms with van der Waals surface area (Å²) < 4.78 is 0. The lowest BCUT2D eigenvalue weighted by molar-refractivity contribution is 0.0754. The Morgan fingerprint density at radius 2 is 1.88 bits per heavy atom. The lowest BCUT2D eigenvalue weighted by Crippen LogP contribution is -2.30. The first-order chi connectivity index (χ1) is 11.6. The number of H-pyrrole nitrogens is 1. The summed E-state index contributed by atoms with van der Waals surface area (Å²) in [4.78, 5) is 16.8. The van der Waals surface area contributed by atoms with E-state index in [2.05, 4.69) is 39.4 Å². The van der Waals surface area contributed by atoms with Gasteiger partial charge in [-0.3, -0.25) is 9.89 Å². The Morgan fingerprint density at radius 3 is 2.54 bits per heavy atom. The summed E-state index contributed by atoms with van der Waals surface area (Å²) in [5.74, 6) is 0.0176. The Kier molecular flexibility index (Phi) is 4.51. The average Bonchev–Trinajstić information content (AvgIpc) is 3.08. The molecular formula is C19H22N4O. The van der Waals surface area contributed by atoms with Gasteiger partial charge in [-0.1, -0.05) is 24.3 Å². The third-order valence-electron chi connectivity index (χ3n) is 4.20. The molecule has 0 bridgehead atoms. The quantitative estimate of drug-likeness (QED) is 0.784. The van der Waals surface area contributed by atoms with Gasteiger partial charge in [0.05, 0.1) is 17.3 Å². The van der Waals surface area contributed by atoms with Crippen molar-refractivity contribution in [1.82, 2.24) is 15.1 Å². The number of carbonyl (C=O) groups excluding carboxylic acids is 1. The summed E-state index contributed by atoms with van der Waals surface area (Å²) in [7, 11) is 4.03. The van der Waals surface area contributed by atoms with E-state index >= 15 is 0 Å². The number of carbonyl (C=O) groups is 1. The number of benzene rings is 2. The Balaban J connectivity index is 1.83. The molecule has 0 saturated carbocycles. The molecule has 0 fully saturated rings. The number of para-hydroxylation sites is 1. The molecule has 1 heterocycles. The van der Waals surface area contributed by atoms with Crippen molar-refractivity contribution in [2.75, 3.05) is 25.5 Å². The van der Waals surface area contributed by atoms with E-state index in [1.54, 1.807) is 6.20 Å². The van der Waals surface area contributed by atoms with Crippen LogP contribution in [0.3, 0.4) is 0 Å². The highest BCUT2D eigenvalue weighted by Crippen LogP contribution is 2.19. The molecule has 0 aliphatic carbocycles. The number of amides is 1. The van der Waals surface area contributed by atoms with E-state index in [9.17, 15) is 4.79 Å². The van der Waals surface area contributed by atoms with Crippen LogP contribution in [0.5, 0.6) is 0 Å². The second kappa shape index (κ2) is 6.74. The van der Waals surface area contributed by atoms with Crippen LogP contribution in [-0.2, 0) is 6.54 Å². The van der Waals surface area contributed by atoms with Crippen molar-refractivity contribution in [3.8, 4) is 0 Å². The summed E-state index contributed by atoms with van der Waals surface area (Å²) in [6.45, 7) is 3.24. The predicted molar refractivity (Wildman–Crippen MR) is 97.3 cm³/mol. The fourth-order valence-corrected chi connectivity index (χ4v) is 2.76. The molecule has 24 heavy (non-hydrogen) atoms. The summed E-state index contributed by atoms with van der Waals surface area (Å²) >= 11 is 0. The number of nitrogens with zero attached hydrogens (tertiary/aromatic N) is 3. The molecule has 0 unspecified atom stereocenters. The van der Waals surface area contributed by atoms with E-state index in [4.69, 9.17) is 0 Å². The number of fused-ring (bicyclic) bond motifs is 1. The molecule has 0 saturated heterocycles. The maximum Gasteiger partial charge on any atom is 0.256 e. The van der Waals surface area contributed by atoms with E-state index < -0.39 is 0 Å². The first kappa shape index (κ1) is 16.1. The molecule has 124 valence electrons. The second-order valence-electron chi connectivity index (χ2n) is 6.02. The monoisotopic (exact) mass is 322 g/mol. The maximum atomic E-state index is 12.9. The van der Waals surface area contributed by atoms with Gasteiger partial charge < -0.3 is 9.80 Å². The van der Waals surface area contributed by atoms with E-state index in [-0.39, 0.29) is 5.91 Å². The lowest BCUT2D eigenvalue weighted by atomic mass is 10.1. The van der Waals surface area contributed by atoms with Crippen LogP contribution in [0.25, 0.3) is 10.9 Å². The zero-order valence-electron chi connectivity index (χ0n) is 14.3. The molecule has 0 radical (unpaired) electrons. The summed E-state index contributed by atoms with van der Waals surface area (Å²) in [6, 6.07) is 14.0. The maximum absolute atomic E-state index is 12.9. The van der Waals surface area contributed by atoms with Crippen LogP contribution >= 0.6 is 0 Å². The second-order valence-corrected chi connectivity index (χ2v) is 6.02. The van der Waals surface area contributed by atoms with Crippen LogP contribution in [0.4, 0.5) is 5.69 Å². The lowest BCUT2D eigenvalue weighted by Gasteiger charge is -2.22. The molecule has 0 atom stereocenters. The predicted octanol–water partition coefficient (Wildman–Crippen LogP) is 3.29. The molecule has 1 aromatic heterocycles. The summed E-state index contributed by atoms with van der Waals surface area (Å²) in [6.07, 6.45) is 1.74. The van der Waals surface area contributed by atoms with Crippen LogP contribution in [0.1, 0.15) is 22.8 Å². The van der Waals surface area contributed by atoms with Gasteiger partial charge >= 0.3 is 0 Å². The van der Waals surface area contributed by atoms with Crippen molar-refractivity contribution in [3.63, 3.8) is 0 Å². The SMILES string of the molecule is CCN(Cc1ccc(N(C)C)cc1)C(=O)c1cccc2cn[nH]c12. The number of hydrogen-bond donors (Lipinski definition) is 1. The number of aromatic amines is 1. The summed E-state index contributed by atoms with van der Waals surface area (Å²) in [5.41, 5.74) is 3.73. The number of anilines is 1. The zero-order chi connectivity index (χ0) is 17.1.